The molecule has 1 aromatic rings. The lowest BCUT2D eigenvalue weighted by molar-refractivity contribution is -0.111. The molecule has 0 spiro atoms. The van der Waals surface area contributed by atoms with Crippen LogP contribution in [0.2, 0.25) is 5.02 Å². The lowest BCUT2D eigenvalue weighted by atomic mass is 9.82. The molecule has 1 N–H and O–H groups in total. The molecule has 2 rings (SSSR count). The van der Waals surface area contributed by atoms with Gasteiger partial charge in [0.2, 0.25) is 0 Å². The lowest BCUT2D eigenvalue weighted by Crippen LogP contribution is -2.48. The van der Waals surface area contributed by atoms with Crippen molar-refractivity contribution in [2.24, 2.45) is 0 Å². The van der Waals surface area contributed by atoms with E-state index in [1.807, 2.05) is 7.05 Å². The molecule has 1 aliphatic heterocycles. The predicted octanol–water partition coefficient (Wildman–Crippen LogP) is 2.94. The Morgan fingerprint density at radius 3 is 2.63 bits per heavy atom. The second-order valence-electron chi connectivity index (χ2n) is 4.77. The van der Waals surface area contributed by atoms with Crippen LogP contribution in [-0.2, 0) is 9.47 Å². The van der Waals surface area contributed by atoms with Crippen molar-refractivity contribution >= 4 is 11.6 Å². The minimum atomic E-state index is -0.443. The summed E-state index contributed by atoms with van der Waals surface area (Å²) < 4.78 is 25.3. The van der Waals surface area contributed by atoms with E-state index in [0.717, 1.165) is 12.8 Å². The minimum absolute atomic E-state index is 0.223. The summed E-state index contributed by atoms with van der Waals surface area (Å²) >= 11 is 5.81. The van der Waals surface area contributed by atoms with E-state index in [0.29, 0.717) is 23.8 Å². The summed E-state index contributed by atoms with van der Waals surface area (Å²) in [6.07, 6.45) is 1.47. The van der Waals surface area contributed by atoms with Crippen molar-refractivity contribution < 1.29 is 13.9 Å². The molecule has 5 heteroatoms. The van der Waals surface area contributed by atoms with Crippen molar-refractivity contribution in [2.75, 3.05) is 27.4 Å². The third-order valence-electron chi connectivity index (χ3n) is 3.83. The van der Waals surface area contributed by atoms with Gasteiger partial charge < -0.3 is 14.8 Å². The van der Waals surface area contributed by atoms with Gasteiger partial charge in [0.25, 0.3) is 0 Å². The van der Waals surface area contributed by atoms with Crippen LogP contribution in [0, 0.1) is 5.82 Å². The van der Waals surface area contributed by atoms with E-state index in [1.165, 1.54) is 6.07 Å². The highest BCUT2D eigenvalue weighted by molar-refractivity contribution is 6.30. The van der Waals surface area contributed by atoms with Gasteiger partial charge in [-0.1, -0.05) is 17.7 Å². The second-order valence-corrected chi connectivity index (χ2v) is 5.21. The molecule has 106 valence electrons. The fourth-order valence-corrected chi connectivity index (χ4v) is 2.92. The number of benzene rings is 1. The first-order chi connectivity index (χ1) is 9.13. The quantitative estimate of drug-likeness (QED) is 0.924. The molecule has 1 heterocycles. The SMILES string of the molecule is CNC(c1ccc(Cl)cc1F)C1(OC)CCOCC1. The van der Waals surface area contributed by atoms with Crippen molar-refractivity contribution in [1.82, 2.24) is 5.32 Å². The maximum Gasteiger partial charge on any atom is 0.129 e. The van der Waals surface area contributed by atoms with Gasteiger partial charge in [-0.2, -0.15) is 0 Å². The molecule has 0 amide bonds. The average Bonchev–Trinajstić information content (AvgIpc) is 2.43. The Bertz CT molecular complexity index is 435. The minimum Gasteiger partial charge on any atom is -0.381 e. The van der Waals surface area contributed by atoms with Gasteiger partial charge in [-0.3, -0.25) is 0 Å². The Kier molecular flexibility index (Phi) is 4.79. The number of halogens is 2. The van der Waals surface area contributed by atoms with E-state index < -0.39 is 5.60 Å². The van der Waals surface area contributed by atoms with Crippen molar-refractivity contribution in [2.45, 2.75) is 24.5 Å². The van der Waals surface area contributed by atoms with Gasteiger partial charge in [0, 0.05) is 43.8 Å². The van der Waals surface area contributed by atoms with Crippen LogP contribution in [0.3, 0.4) is 0 Å². The van der Waals surface area contributed by atoms with Gasteiger partial charge >= 0.3 is 0 Å². The molecule has 1 atom stereocenters. The number of ether oxygens (including phenoxy) is 2. The topological polar surface area (TPSA) is 30.5 Å². The maximum atomic E-state index is 14.1. The number of rotatable bonds is 4. The van der Waals surface area contributed by atoms with Crippen molar-refractivity contribution in [1.29, 1.82) is 0 Å². The van der Waals surface area contributed by atoms with Gasteiger partial charge in [-0.05, 0) is 19.2 Å². The lowest BCUT2D eigenvalue weighted by Gasteiger charge is -2.42. The molecule has 0 bridgehead atoms. The Morgan fingerprint density at radius 2 is 2.11 bits per heavy atom. The fraction of sp³-hybridized carbons (Fsp3) is 0.571. The molecule has 19 heavy (non-hydrogen) atoms. The van der Waals surface area contributed by atoms with Crippen LogP contribution < -0.4 is 5.32 Å². The number of hydrogen-bond acceptors (Lipinski definition) is 3. The summed E-state index contributed by atoms with van der Waals surface area (Å²) in [7, 11) is 3.48. The normalized spacial score (nSPS) is 20.2. The average molecular weight is 288 g/mol. The van der Waals surface area contributed by atoms with Crippen LogP contribution >= 0.6 is 11.6 Å². The van der Waals surface area contributed by atoms with E-state index in [9.17, 15) is 4.39 Å². The largest absolute Gasteiger partial charge is 0.381 e. The molecular weight excluding hydrogens is 269 g/mol. The number of likely N-dealkylation sites (N-methyl/N-ethyl adjacent to an activating group) is 1. The van der Waals surface area contributed by atoms with Crippen molar-refractivity contribution in [3.8, 4) is 0 Å². The maximum absolute atomic E-state index is 14.1. The van der Waals surface area contributed by atoms with Crippen molar-refractivity contribution in [3.63, 3.8) is 0 Å². The molecular formula is C14H19ClFNO2. The molecule has 1 aliphatic rings. The fourth-order valence-electron chi connectivity index (χ4n) is 2.77. The zero-order valence-electron chi connectivity index (χ0n) is 11.2. The van der Waals surface area contributed by atoms with Crippen LogP contribution in [0.1, 0.15) is 24.4 Å². The molecule has 3 nitrogen and oxygen atoms in total. The van der Waals surface area contributed by atoms with Crippen LogP contribution in [0.5, 0.6) is 0 Å². The molecule has 0 aromatic heterocycles. The van der Waals surface area contributed by atoms with Gasteiger partial charge in [-0.25, -0.2) is 4.39 Å². The molecule has 1 aromatic carbocycles. The van der Waals surface area contributed by atoms with Crippen LogP contribution in [-0.4, -0.2) is 33.0 Å². The first-order valence-electron chi connectivity index (χ1n) is 6.38. The summed E-state index contributed by atoms with van der Waals surface area (Å²) in [5.41, 5.74) is 0.137. The Hall–Kier alpha value is -0.680. The van der Waals surface area contributed by atoms with E-state index in [1.54, 1.807) is 19.2 Å². The summed E-state index contributed by atoms with van der Waals surface area (Å²) in [6.45, 7) is 1.25. The van der Waals surface area contributed by atoms with Crippen LogP contribution in [0.25, 0.3) is 0 Å². The molecule has 1 saturated heterocycles. The van der Waals surface area contributed by atoms with E-state index in [-0.39, 0.29) is 11.9 Å². The van der Waals surface area contributed by atoms with Crippen molar-refractivity contribution in [3.05, 3.63) is 34.6 Å². The van der Waals surface area contributed by atoms with Gasteiger partial charge in [0.05, 0.1) is 11.6 Å². The molecule has 1 fully saturated rings. The van der Waals surface area contributed by atoms with E-state index in [2.05, 4.69) is 5.32 Å². The molecule has 0 saturated carbocycles. The van der Waals surface area contributed by atoms with Crippen LogP contribution in [0.4, 0.5) is 4.39 Å². The van der Waals surface area contributed by atoms with E-state index >= 15 is 0 Å². The van der Waals surface area contributed by atoms with Gasteiger partial charge in [-0.15, -0.1) is 0 Å². The monoisotopic (exact) mass is 287 g/mol. The van der Waals surface area contributed by atoms with E-state index in [4.69, 9.17) is 21.1 Å². The standard InChI is InChI=1S/C14H19ClFNO2/c1-17-13(11-4-3-10(15)9-12(11)16)14(18-2)5-7-19-8-6-14/h3-4,9,13,17H,5-8H2,1-2H3. The molecule has 0 aliphatic carbocycles. The first-order valence-corrected chi connectivity index (χ1v) is 6.76. The van der Waals surface area contributed by atoms with Crippen LogP contribution in [0.15, 0.2) is 18.2 Å². The molecule has 1 unspecified atom stereocenters. The number of methoxy groups -OCH3 is 1. The Balaban J connectivity index is 2.36. The highest BCUT2D eigenvalue weighted by Gasteiger charge is 2.41. The summed E-state index contributed by atoms with van der Waals surface area (Å²) in [5.74, 6) is -0.310. The Morgan fingerprint density at radius 1 is 1.42 bits per heavy atom. The third-order valence-corrected chi connectivity index (χ3v) is 4.07. The third kappa shape index (κ3) is 2.92. The summed E-state index contributed by atoms with van der Waals surface area (Å²) in [4.78, 5) is 0. The van der Waals surface area contributed by atoms with Gasteiger partial charge in [0.15, 0.2) is 0 Å². The first kappa shape index (κ1) is 14.7. The predicted molar refractivity (Wildman–Crippen MR) is 73.0 cm³/mol. The number of nitrogens with one attached hydrogen (secondary N) is 1. The zero-order chi connectivity index (χ0) is 13.9. The smallest absolute Gasteiger partial charge is 0.129 e. The summed E-state index contributed by atoms with van der Waals surface area (Å²) in [6, 6.07) is 4.53. The zero-order valence-corrected chi connectivity index (χ0v) is 12.0. The van der Waals surface area contributed by atoms with Gasteiger partial charge in [0.1, 0.15) is 5.82 Å². The highest BCUT2D eigenvalue weighted by Crippen LogP contribution is 2.38. The summed E-state index contributed by atoms with van der Waals surface area (Å²) in [5, 5.41) is 3.57. The second kappa shape index (κ2) is 6.18. The molecule has 0 radical (unpaired) electrons. The Labute approximate surface area is 118 Å². The highest BCUT2D eigenvalue weighted by atomic mass is 35.5. The number of hydrogen-bond donors (Lipinski definition) is 1.